The van der Waals surface area contributed by atoms with Gasteiger partial charge in [0.05, 0.1) is 0 Å². The van der Waals surface area contributed by atoms with Crippen molar-refractivity contribution in [1.82, 2.24) is 5.32 Å². The van der Waals surface area contributed by atoms with E-state index in [1.807, 2.05) is 30.3 Å². The Morgan fingerprint density at radius 2 is 1.80 bits per heavy atom. The van der Waals surface area contributed by atoms with Crippen LogP contribution in [-0.2, 0) is 16.0 Å². The zero-order valence-corrected chi connectivity index (χ0v) is 11.7. The average molecular weight is 283 g/mol. The molecule has 0 aliphatic rings. The zero-order chi connectivity index (χ0) is 15.2. The van der Waals surface area contributed by atoms with Crippen molar-refractivity contribution in [2.45, 2.75) is 32.6 Å². The summed E-state index contributed by atoms with van der Waals surface area (Å²) in [5, 5.41) is 2.12. The summed E-state index contributed by atoms with van der Waals surface area (Å²) in [5.74, 6) is -6.99. The van der Waals surface area contributed by atoms with Crippen molar-refractivity contribution < 1.29 is 18.4 Å². The Morgan fingerprint density at radius 3 is 2.35 bits per heavy atom. The van der Waals surface area contributed by atoms with E-state index in [0.29, 0.717) is 6.42 Å². The number of nitrogens with one attached hydrogen (secondary N) is 1. The van der Waals surface area contributed by atoms with Crippen LogP contribution in [0.4, 0.5) is 8.78 Å². The molecule has 1 amide bonds. The van der Waals surface area contributed by atoms with E-state index in [0.717, 1.165) is 5.56 Å². The standard InChI is InChI=1S/C15H19F2NO2/c1-11(2)10-13(19)15(16,17)14(20)18-9-8-12-6-4-3-5-7-12/h3-7,11H,8-10H2,1-2H3,(H,18,20). The monoisotopic (exact) mass is 283 g/mol. The highest BCUT2D eigenvalue weighted by Crippen LogP contribution is 2.19. The first kappa shape index (κ1) is 16.3. The molecule has 1 rings (SSSR count). The molecule has 0 saturated carbocycles. The zero-order valence-electron chi connectivity index (χ0n) is 11.7. The number of hydrogen-bond acceptors (Lipinski definition) is 2. The molecule has 1 aromatic rings. The van der Waals surface area contributed by atoms with Crippen molar-refractivity contribution in [3.8, 4) is 0 Å². The number of benzene rings is 1. The van der Waals surface area contributed by atoms with Gasteiger partial charge in [0, 0.05) is 13.0 Å². The Balaban J connectivity index is 2.47. The van der Waals surface area contributed by atoms with E-state index < -0.39 is 17.6 Å². The summed E-state index contributed by atoms with van der Waals surface area (Å²) in [7, 11) is 0. The van der Waals surface area contributed by atoms with Gasteiger partial charge in [0.25, 0.3) is 5.91 Å². The van der Waals surface area contributed by atoms with Crippen LogP contribution in [0, 0.1) is 5.92 Å². The molecule has 0 fully saturated rings. The number of carbonyl (C=O) groups excluding carboxylic acids is 2. The van der Waals surface area contributed by atoms with Crippen LogP contribution < -0.4 is 5.32 Å². The van der Waals surface area contributed by atoms with Crippen LogP contribution in [0.1, 0.15) is 25.8 Å². The number of ketones is 1. The van der Waals surface area contributed by atoms with Gasteiger partial charge in [-0.05, 0) is 17.9 Å². The average Bonchev–Trinajstić information content (AvgIpc) is 2.39. The largest absolute Gasteiger partial charge is 0.381 e. The molecule has 0 spiro atoms. The van der Waals surface area contributed by atoms with Crippen molar-refractivity contribution in [2.24, 2.45) is 5.92 Å². The van der Waals surface area contributed by atoms with Crippen LogP contribution >= 0.6 is 0 Å². The minimum atomic E-state index is -3.94. The summed E-state index contributed by atoms with van der Waals surface area (Å²) in [4.78, 5) is 22.7. The molecular weight excluding hydrogens is 264 g/mol. The number of rotatable bonds is 7. The highest BCUT2D eigenvalue weighted by Gasteiger charge is 2.46. The third-order valence-corrected chi connectivity index (χ3v) is 2.77. The lowest BCUT2D eigenvalue weighted by molar-refractivity contribution is -0.158. The van der Waals surface area contributed by atoms with E-state index in [-0.39, 0.29) is 18.9 Å². The van der Waals surface area contributed by atoms with Crippen molar-refractivity contribution >= 4 is 11.7 Å². The minimum absolute atomic E-state index is 0.0768. The second kappa shape index (κ2) is 7.12. The second-order valence-corrected chi connectivity index (χ2v) is 5.09. The summed E-state index contributed by atoms with van der Waals surface area (Å²) < 4.78 is 27.1. The molecular formula is C15H19F2NO2. The van der Waals surface area contributed by atoms with E-state index in [1.165, 1.54) is 0 Å². The maximum atomic E-state index is 13.5. The number of alkyl halides is 2. The summed E-state index contributed by atoms with van der Waals surface area (Å²) in [6, 6.07) is 9.19. The second-order valence-electron chi connectivity index (χ2n) is 5.09. The number of Topliss-reactive ketones (excluding diaryl/α,β-unsaturated/α-hetero) is 1. The Morgan fingerprint density at radius 1 is 1.20 bits per heavy atom. The third-order valence-electron chi connectivity index (χ3n) is 2.77. The van der Waals surface area contributed by atoms with Gasteiger partial charge < -0.3 is 5.32 Å². The van der Waals surface area contributed by atoms with Crippen LogP contribution in [0.3, 0.4) is 0 Å². The maximum Gasteiger partial charge on any atom is 0.381 e. The van der Waals surface area contributed by atoms with Gasteiger partial charge >= 0.3 is 5.92 Å². The highest BCUT2D eigenvalue weighted by molar-refractivity contribution is 6.07. The van der Waals surface area contributed by atoms with Gasteiger partial charge in [0.1, 0.15) is 0 Å². The summed E-state index contributed by atoms with van der Waals surface area (Å²) in [5.41, 5.74) is 0.935. The molecule has 0 bridgehead atoms. The first-order valence-corrected chi connectivity index (χ1v) is 6.57. The molecule has 0 saturated heterocycles. The van der Waals surface area contributed by atoms with Crippen LogP contribution in [0.5, 0.6) is 0 Å². The minimum Gasteiger partial charge on any atom is -0.350 e. The van der Waals surface area contributed by atoms with Gasteiger partial charge in [-0.3, -0.25) is 9.59 Å². The van der Waals surface area contributed by atoms with E-state index >= 15 is 0 Å². The van der Waals surface area contributed by atoms with E-state index in [2.05, 4.69) is 5.32 Å². The predicted molar refractivity (Wildman–Crippen MR) is 72.6 cm³/mol. The smallest absolute Gasteiger partial charge is 0.350 e. The van der Waals surface area contributed by atoms with Crippen LogP contribution in [0.25, 0.3) is 0 Å². The molecule has 0 radical (unpaired) electrons. The third kappa shape index (κ3) is 4.72. The van der Waals surface area contributed by atoms with Gasteiger partial charge in [-0.2, -0.15) is 8.78 Å². The Kier molecular flexibility index (Phi) is 5.80. The van der Waals surface area contributed by atoms with Crippen LogP contribution in [-0.4, -0.2) is 24.2 Å². The lowest BCUT2D eigenvalue weighted by Gasteiger charge is -2.15. The SMILES string of the molecule is CC(C)CC(=O)C(F)(F)C(=O)NCCc1ccccc1. The molecule has 0 aliphatic carbocycles. The Hall–Kier alpha value is -1.78. The molecule has 110 valence electrons. The van der Waals surface area contributed by atoms with Crippen molar-refractivity contribution in [3.05, 3.63) is 35.9 Å². The number of carbonyl (C=O) groups is 2. The number of amides is 1. The van der Waals surface area contributed by atoms with E-state index in [4.69, 9.17) is 0 Å². The van der Waals surface area contributed by atoms with Crippen molar-refractivity contribution in [1.29, 1.82) is 0 Å². The van der Waals surface area contributed by atoms with Crippen molar-refractivity contribution in [2.75, 3.05) is 6.54 Å². The highest BCUT2D eigenvalue weighted by atomic mass is 19.3. The molecule has 1 N–H and O–H groups in total. The molecule has 5 heteroatoms. The van der Waals surface area contributed by atoms with Crippen LogP contribution in [0.2, 0.25) is 0 Å². The quantitative estimate of drug-likeness (QED) is 0.782. The first-order chi connectivity index (χ1) is 9.34. The molecule has 0 atom stereocenters. The van der Waals surface area contributed by atoms with Crippen LogP contribution in [0.15, 0.2) is 30.3 Å². The summed E-state index contributed by atoms with van der Waals surface area (Å²) >= 11 is 0. The molecule has 0 aliphatic heterocycles. The molecule has 0 heterocycles. The Bertz CT molecular complexity index is 458. The summed E-state index contributed by atoms with van der Waals surface area (Å²) in [6.45, 7) is 3.38. The molecule has 20 heavy (non-hydrogen) atoms. The predicted octanol–water partition coefficient (Wildman–Crippen LogP) is 2.60. The lowest BCUT2D eigenvalue weighted by Crippen LogP contribution is -2.46. The number of hydrogen-bond donors (Lipinski definition) is 1. The topological polar surface area (TPSA) is 46.2 Å². The molecule has 3 nitrogen and oxygen atoms in total. The fourth-order valence-corrected chi connectivity index (χ4v) is 1.70. The van der Waals surface area contributed by atoms with E-state index in [1.54, 1.807) is 13.8 Å². The summed E-state index contributed by atoms with van der Waals surface area (Å²) in [6.07, 6.45) is 0.139. The van der Waals surface area contributed by atoms with Crippen molar-refractivity contribution in [3.63, 3.8) is 0 Å². The number of halogens is 2. The van der Waals surface area contributed by atoms with Gasteiger partial charge in [0.15, 0.2) is 0 Å². The van der Waals surface area contributed by atoms with Gasteiger partial charge in [-0.1, -0.05) is 44.2 Å². The van der Waals surface area contributed by atoms with Gasteiger partial charge in [0.2, 0.25) is 5.78 Å². The molecule has 0 aromatic heterocycles. The fourth-order valence-electron chi connectivity index (χ4n) is 1.70. The molecule has 1 aromatic carbocycles. The lowest BCUT2D eigenvalue weighted by atomic mass is 10.0. The van der Waals surface area contributed by atoms with Gasteiger partial charge in [-0.25, -0.2) is 0 Å². The van der Waals surface area contributed by atoms with Gasteiger partial charge in [-0.15, -0.1) is 0 Å². The Labute approximate surface area is 117 Å². The normalized spacial score (nSPS) is 11.4. The fraction of sp³-hybridized carbons (Fsp3) is 0.467. The molecule has 0 unspecified atom stereocenters. The maximum absolute atomic E-state index is 13.5. The first-order valence-electron chi connectivity index (χ1n) is 6.57. The van der Waals surface area contributed by atoms with E-state index in [9.17, 15) is 18.4 Å².